The molecule has 2 aliphatic rings. The van der Waals surface area contributed by atoms with Crippen molar-refractivity contribution < 1.29 is 9.59 Å². The third kappa shape index (κ3) is 6.18. The summed E-state index contributed by atoms with van der Waals surface area (Å²) in [7, 11) is 0. The summed E-state index contributed by atoms with van der Waals surface area (Å²) in [5.74, 6) is -0.0270. The monoisotopic (exact) mass is 346 g/mol. The predicted molar refractivity (Wildman–Crippen MR) is 93.7 cm³/mol. The highest BCUT2D eigenvalue weighted by Crippen LogP contribution is 2.19. The van der Waals surface area contributed by atoms with Crippen molar-refractivity contribution in [3.8, 4) is 0 Å². The normalized spacial score (nSPS) is 23.6. The van der Waals surface area contributed by atoms with Crippen molar-refractivity contribution in [3.05, 3.63) is 0 Å². The van der Waals surface area contributed by atoms with E-state index in [-0.39, 0.29) is 49.0 Å². The van der Waals surface area contributed by atoms with Crippen molar-refractivity contribution in [2.75, 3.05) is 13.1 Å². The Hall–Kier alpha value is -1.01. The van der Waals surface area contributed by atoms with E-state index in [0.717, 1.165) is 38.6 Å². The molecule has 2 rings (SSSR count). The van der Waals surface area contributed by atoms with Gasteiger partial charge >= 0.3 is 6.03 Å². The van der Waals surface area contributed by atoms with Gasteiger partial charge < -0.3 is 21.3 Å². The highest BCUT2D eigenvalue weighted by molar-refractivity contribution is 5.85. The van der Waals surface area contributed by atoms with Gasteiger partial charge in [0.15, 0.2) is 0 Å². The summed E-state index contributed by atoms with van der Waals surface area (Å²) in [5, 5.41) is 5.67. The lowest BCUT2D eigenvalue weighted by Crippen LogP contribution is -2.55. The lowest BCUT2D eigenvalue weighted by Gasteiger charge is -2.38. The van der Waals surface area contributed by atoms with Crippen molar-refractivity contribution in [2.45, 2.75) is 76.4 Å². The number of carbonyl (C=O) groups is 2. The lowest BCUT2D eigenvalue weighted by molar-refractivity contribution is -0.134. The first-order valence-corrected chi connectivity index (χ1v) is 8.67. The van der Waals surface area contributed by atoms with Gasteiger partial charge in [-0.25, -0.2) is 4.79 Å². The van der Waals surface area contributed by atoms with E-state index in [9.17, 15) is 9.59 Å². The Morgan fingerprint density at radius 2 is 1.78 bits per heavy atom. The number of rotatable bonds is 4. The van der Waals surface area contributed by atoms with Gasteiger partial charge in [-0.05, 0) is 39.0 Å². The number of nitrogens with two attached hydrogens (primary N) is 1. The third-order valence-corrected chi connectivity index (χ3v) is 4.82. The Labute approximate surface area is 145 Å². The molecule has 2 atom stereocenters. The number of nitrogens with zero attached hydrogens (tertiary/aromatic N) is 1. The van der Waals surface area contributed by atoms with E-state index in [2.05, 4.69) is 10.6 Å². The third-order valence-electron chi connectivity index (χ3n) is 4.82. The largest absolute Gasteiger partial charge is 0.337 e. The first kappa shape index (κ1) is 20.0. The van der Waals surface area contributed by atoms with Crippen LogP contribution in [0.15, 0.2) is 0 Å². The van der Waals surface area contributed by atoms with E-state index < -0.39 is 0 Å². The first-order chi connectivity index (χ1) is 10.6. The minimum Gasteiger partial charge on any atom is -0.337 e. The number of likely N-dealkylation sites (tertiary alicyclic amines) is 1. The molecular weight excluding hydrogens is 316 g/mol. The number of urea groups is 1. The predicted octanol–water partition coefficient (Wildman–Crippen LogP) is 1.77. The summed E-state index contributed by atoms with van der Waals surface area (Å²) in [6.45, 7) is 2.75. The molecule has 1 saturated heterocycles. The second-order valence-electron chi connectivity index (χ2n) is 6.67. The zero-order chi connectivity index (χ0) is 15.9. The molecule has 1 aliphatic heterocycles. The van der Waals surface area contributed by atoms with Gasteiger partial charge in [-0.2, -0.15) is 0 Å². The minimum absolute atomic E-state index is 0. The zero-order valence-corrected chi connectivity index (χ0v) is 14.9. The number of nitrogens with one attached hydrogen (secondary N) is 2. The van der Waals surface area contributed by atoms with Gasteiger partial charge in [0.1, 0.15) is 0 Å². The van der Waals surface area contributed by atoms with Crippen LogP contribution in [0.3, 0.4) is 0 Å². The summed E-state index contributed by atoms with van der Waals surface area (Å²) in [6, 6.07) is 0.107. The van der Waals surface area contributed by atoms with Crippen molar-refractivity contribution in [3.63, 3.8) is 0 Å². The molecule has 134 valence electrons. The molecule has 4 N–H and O–H groups in total. The number of hydrogen-bond acceptors (Lipinski definition) is 3. The van der Waals surface area contributed by atoms with E-state index >= 15 is 0 Å². The number of hydrogen-bond donors (Lipinski definition) is 3. The molecule has 0 spiro atoms. The van der Waals surface area contributed by atoms with Crippen LogP contribution in [0.4, 0.5) is 4.79 Å². The molecule has 0 radical (unpaired) electrons. The number of piperidine rings is 1. The van der Waals surface area contributed by atoms with Crippen molar-refractivity contribution in [1.29, 1.82) is 0 Å². The van der Waals surface area contributed by atoms with Crippen LogP contribution in [-0.4, -0.2) is 48.1 Å². The van der Waals surface area contributed by atoms with Gasteiger partial charge in [0.2, 0.25) is 5.91 Å². The number of carbonyl (C=O) groups excluding carboxylic acids is 2. The Morgan fingerprint density at radius 3 is 2.43 bits per heavy atom. The van der Waals surface area contributed by atoms with Crippen molar-refractivity contribution >= 4 is 24.3 Å². The maximum absolute atomic E-state index is 12.3. The summed E-state index contributed by atoms with van der Waals surface area (Å²) < 4.78 is 0. The molecule has 0 bridgehead atoms. The number of halogens is 1. The van der Waals surface area contributed by atoms with Crippen LogP contribution in [0.25, 0.3) is 0 Å². The minimum atomic E-state index is -0.227. The standard InChI is InChI=1S/C16H30N4O2.ClH/c1-12(17)14-9-5-6-10-20(14)15(21)11-18-16(22)19-13-7-3-2-4-8-13;/h12-14H,2-11,17H2,1H3,(H2,18,19,22);1H. The highest BCUT2D eigenvalue weighted by atomic mass is 35.5. The smallest absolute Gasteiger partial charge is 0.315 e. The summed E-state index contributed by atoms with van der Waals surface area (Å²) in [5.41, 5.74) is 5.98. The van der Waals surface area contributed by atoms with E-state index in [0.29, 0.717) is 0 Å². The lowest BCUT2D eigenvalue weighted by atomic mass is 9.96. The molecule has 0 aromatic heterocycles. The summed E-state index contributed by atoms with van der Waals surface area (Å²) in [6.07, 6.45) is 8.78. The van der Waals surface area contributed by atoms with Crippen molar-refractivity contribution in [2.24, 2.45) is 5.73 Å². The fourth-order valence-electron chi connectivity index (χ4n) is 3.55. The van der Waals surface area contributed by atoms with Gasteiger partial charge in [0.25, 0.3) is 0 Å². The van der Waals surface area contributed by atoms with Gasteiger partial charge in [0, 0.05) is 24.7 Å². The summed E-state index contributed by atoms with van der Waals surface area (Å²) >= 11 is 0. The number of amides is 3. The Bertz CT molecular complexity index is 386. The molecule has 2 unspecified atom stereocenters. The Morgan fingerprint density at radius 1 is 1.13 bits per heavy atom. The van der Waals surface area contributed by atoms with Crippen molar-refractivity contribution in [1.82, 2.24) is 15.5 Å². The molecule has 3 amide bonds. The molecule has 6 nitrogen and oxygen atoms in total. The molecule has 1 saturated carbocycles. The molecule has 1 heterocycles. The molecule has 1 aliphatic carbocycles. The van der Waals surface area contributed by atoms with Crippen LogP contribution < -0.4 is 16.4 Å². The van der Waals surface area contributed by atoms with Crippen LogP contribution in [0.5, 0.6) is 0 Å². The molecular formula is C16H31ClN4O2. The molecule has 7 heteroatoms. The molecule has 23 heavy (non-hydrogen) atoms. The van der Waals surface area contributed by atoms with E-state index in [1.54, 1.807) is 0 Å². The van der Waals surface area contributed by atoms with Gasteiger partial charge in [-0.1, -0.05) is 19.3 Å². The molecule has 0 aromatic carbocycles. The van der Waals surface area contributed by atoms with Crippen LogP contribution in [0, 0.1) is 0 Å². The van der Waals surface area contributed by atoms with Crippen LogP contribution in [0.1, 0.15) is 58.3 Å². The first-order valence-electron chi connectivity index (χ1n) is 8.67. The quantitative estimate of drug-likeness (QED) is 0.725. The van der Waals surface area contributed by atoms with Gasteiger partial charge in [-0.15, -0.1) is 12.4 Å². The Kier molecular flexibility index (Phi) is 8.69. The average Bonchev–Trinajstić information content (AvgIpc) is 2.53. The van der Waals surface area contributed by atoms with Crippen LogP contribution >= 0.6 is 12.4 Å². The second-order valence-corrected chi connectivity index (χ2v) is 6.67. The molecule has 0 aromatic rings. The van der Waals surface area contributed by atoms with Gasteiger partial charge in [-0.3, -0.25) is 4.79 Å². The fraction of sp³-hybridized carbons (Fsp3) is 0.875. The fourth-order valence-corrected chi connectivity index (χ4v) is 3.55. The average molecular weight is 347 g/mol. The Balaban J connectivity index is 0.00000264. The molecule has 2 fully saturated rings. The maximum atomic E-state index is 12.3. The summed E-state index contributed by atoms with van der Waals surface area (Å²) in [4.78, 5) is 26.1. The second kappa shape index (κ2) is 9.98. The van der Waals surface area contributed by atoms with Gasteiger partial charge in [0.05, 0.1) is 6.54 Å². The van der Waals surface area contributed by atoms with Crippen LogP contribution in [0.2, 0.25) is 0 Å². The van der Waals surface area contributed by atoms with Crippen LogP contribution in [-0.2, 0) is 4.79 Å². The van der Waals surface area contributed by atoms with E-state index in [1.807, 2.05) is 11.8 Å². The maximum Gasteiger partial charge on any atom is 0.315 e. The van der Waals surface area contributed by atoms with E-state index in [4.69, 9.17) is 5.73 Å². The zero-order valence-electron chi connectivity index (χ0n) is 14.1. The highest BCUT2D eigenvalue weighted by Gasteiger charge is 2.29. The SMILES string of the molecule is CC(N)C1CCCCN1C(=O)CNC(=O)NC1CCCCC1.Cl. The van der Waals surface area contributed by atoms with E-state index in [1.165, 1.54) is 19.3 Å². The topological polar surface area (TPSA) is 87.5 Å².